The minimum absolute atomic E-state index is 0.0178. The van der Waals surface area contributed by atoms with Crippen molar-refractivity contribution in [2.24, 2.45) is 11.8 Å². The molecule has 4 rings (SSSR count). The van der Waals surface area contributed by atoms with Gasteiger partial charge < -0.3 is 14.2 Å². The number of hydrogen-bond acceptors (Lipinski definition) is 6. The van der Waals surface area contributed by atoms with Crippen LogP contribution in [0, 0.1) is 11.8 Å². The van der Waals surface area contributed by atoms with Crippen LogP contribution in [0.3, 0.4) is 0 Å². The second-order valence-corrected chi connectivity index (χ2v) is 15.3. The van der Waals surface area contributed by atoms with Gasteiger partial charge in [-0.2, -0.15) is 0 Å². The SMILES string of the molecule is CCCOC(=O)[C@H]1[C@H](C(=O)OCC[Si](C)(C)C)C2CC(=O)[C@H]1c1cc(OCC)ccc12. The summed E-state index contributed by atoms with van der Waals surface area (Å²) in [5, 5.41) is 0. The van der Waals surface area contributed by atoms with Crippen LogP contribution in [-0.4, -0.2) is 45.6 Å². The van der Waals surface area contributed by atoms with Gasteiger partial charge in [0.15, 0.2) is 0 Å². The van der Waals surface area contributed by atoms with Gasteiger partial charge in [0.25, 0.3) is 0 Å². The fourth-order valence-corrected chi connectivity index (χ4v) is 5.38. The number of carbonyl (C=O) groups is 3. The molecule has 7 heteroatoms. The molecule has 0 radical (unpaired) electrons. The van der Waals surface area contributed by atoms with Gasteiger partial charge in [0.1, 0.15) is 11.5 Å². The molecule has 0 aromatic heterocycles. The Morgan fingerprint density at radius 3 is 2.32 bits per heavy atom. The second-order valence-electron chi connectivity index (χ2n) is 9.68. The zero-order chi connectivity index (χ0) is 22.8. The third-order valence-corrected chi connectivity index (χ3v) is 7.84. The molecule has 0 aliphatic heterocycles. The first-order chi connectivity index (χ1) is 14.7. The zero-order valence-corrected chi connectivity index (χ0v) is 20.2. The number of benzene rings is 1. The maximum atomic E-state index is 13.2. The van der Waals surface area contributed by atoms with Crippen LogP contribution in [0.1, 0.15) is 49.7 Å². The van der Waals surface area contributed by atoms with Gasteiger partial charge in [-0.25, -0.2) is 0 Å². The Morgan fingerprint density at radius 2 is 1.68 bits per heavy atom. The van der Waals surface area contributed by atoms with Crippen LogP contribution in [0.4, 0.5) is 0 Å². The topological polar surface area (TPSA) is 78.9 Å². The molecule has 31 heavy (non-hydrogen) atoms. The molecule has 2 bridgehead atoms. The lowest BCUT2D eigenvalue weighted by Crippen LogP contribution is -2.50. The lowest BCUT2D eigenvalue weighted by Gasteiger charge is -2.46. The van der Waals surface area contributed by atoms with Crippen molar-refractivity contribution in [2.45, 2.75) is 64.2 Å². The molecule has 0 saturated heterocycles. The molecule has 0 amide bonds. The van der Waals surface area contributed by atoms with Gasteiger partial charge in [-0.05, 0) is 42.6 Å². The summed E-state index contributed by atoms with van der Waals surface area (Å²) in [6, 6.07) is 6.50. The normalized spacial score (nSPS) is 24.5. The largest absolute Gasteiger partial charge is 0.494 e. The maximum absolute atomic E-state index is 13.2. The minimum Gasteiger partial charge on any atom is -0.494 e. The Kier molecular flexibility index (Phi) is 7.24. The van der Waals surface area contributed by atoms with Gasteiger partial charge in [-0.15, -0.1) is 0 Å². The summed E-state index contributed by atoms with van der Waals surface area (Å²) in [7, 11) is -1.37. The fourth-order valence-electron chi connectivity index (χ4n) is 4.66. The number of ether oxygens (including phenoxy) is 3. The van der Waals surface area contributed by atoms with Gasteiger partial charge in [0, 0.05) is 20.4 Å². The highest BCUT2D eigenvalue weighted by atomic mass is 28.3. The second kappa shape index (κ2) is 9.55. The molecular weight excluding hydrogens is 412 g/mol. The number of carbonyl (C=O) groups excluding carboxylic acids is 3. The Bertz CT molecular complexity index is 843. The van der Waals surface area contributed by atoms with E-state index in [4.69, 9.17) is 14.2 Å². The van der Waals surface area contributed by atoms with Crippen molar-refractivity contribution in [1.29, 1.82) is 0 Å². The van der Waals surface area contributed by atoms with E-state index in [1.165, 1.54) is 0 Å². The van der Waals surface area contributed by atoms with Gasteiger partial charge in [-0.1, -0.05) is 32.6 Å². The molecule has 1 aromatic carbocycles. The van der Waals surface area contributed by atoms with E-state index in [1.807, 2.05) is 32.0 Å². The van der Waals surface area contributed by atoms with Crippen molar-refractivity contribution in [3.8, 4) is 5.75 Å². The van der Waals surface area contributed by atoms with Crippen molar-refractivity contribution in [3.05, 3.63) is 29.3 Å². The van der Waals surface area contributed by atoms with E-state index < -0.39 is 37.8 Å². The predicted octanol–water partition coefficient (Wildman–Crippen LogP) is 4.31. The molecule has 0 spiro atoms. The summed E-state index contributed by atoms with van der Waals surface area (Å²) in [4.78, 5) is 39.2. The number of rotatable bonds is 9. The van der Waals surface area contributed by atoms with Gasteiger partial charge >= 0.3 is 11.9 Å². The summed E-state index contributed by atoms with van der Waals surface area (Å²) < 4.78 is 16.7. The van der Waals surface area contributed by atoms with E-state index in [-0.39, 0.29) is 24.7 Å². The number of Topliss-reactive ketones (excluding diaryl/α,β-unsaturated/α-hetero) is 1. The van der Waals surface area contributed by atoms with E-state index >= 15 is 0 Å². The summed E-state index contributed by atoms with van der Waals surface area (Å²) >= 11 is 0. The van der Waals surface area contributed by atoms with Crippen molar-refractivity contribution < 1.29 is 28.6 Å². The third-order valence-electron chi connectivity index (χ3n) is 6.14. The van der Waals surface area contributed by atoms with E-state index in [0.29, 0.717) is 25.4 Å². The van der Waals surface area contributed by atoms with Crippen LogP contribution in [-0.2, 0) is 23.9 Å². The molecule has 1 unspecified atom stereocenters. The lowest BCUT2D eigenvalue weighted by atomic mass is 9.55. The quantitative estimate of drug-likeness (QED) is 0.416. The van der Waals surface area contributed by atoms with Gasteiger partial charge in [0.05, 0.1) is 37.6 Å². The summed E-state index contributed by atoms with van der Waals surface area (Å²) in [6.45, 7) is 11.6. The molecule has 1 aromatic rings. The highest BCUT2D eigenvalue weighted by molar-refractivity contribution is 6.76. The van der Waals surface area contributed by atoms with Crippen molar-refractivity contribution in [2.75, 3.05) is 19.8 Å². The number of fused-ring (bicyclic) bond motifs is 2. The summed E-state index contributed by atoms with van der Waals surface area (Å²) in [5.41, 5.74) is 1.73. The maximum Gasteiger partial charge on any atom is 0.310 e. The average molecular weight is 447 g/mol. The number of ketones is 1. The smallest absolute Gasteiger partial charge is 0.310 e. The third kappa shape index (κ3) is 5.02. The Balaban J connectivity index is 1.96. The van der Waals surface area contributed by atoms with Crippen LogP contribution < -0.4 is 4.74 Å². The van der Waals surface area contributed by atoms with Crippen LogP contribution in [0.25, 0.3) is 0 Å². The summed E-state index contributed by atoms with van der Waals surface area (Å²) in [6.07, 6.45) is 0.924. The van der Waals surface area contributed by atoms with Gasteiger partial charge in [0.2, 0.25) is 0 Å². The Labute approximate surface area is 185 Å². The van der Waals surface area contributed by atoms with E-state index in [1.54, 1.807) is 0 Å². The molecule has 3 aliphatic rings. The van der Waals surface area contributed by atoms with E-state index in [9.17, 15) is 14.4 Å². The van der Waals surface area contributed by atoms with Gasteiger partial charge in [-0.3, -0.25) is 14.4 Å². The van der Waals surface area contributed by atoms with Crippen LogP contribution in [0.2, 0.25) is 25.7 Å². The van der Waals surface area contributed by atoms with Crippen LogP contribution in [0.5, 0.6) is 5.75 Å². The predicted molar refractivity (Wildman–Crippen MR) is 120 cm³/mol. The minimum atomic E-state index is -1.37. The number of esters is 2. The first-order valence-electron chi connectivity index (χ1n) is 11.3. The molecule has 0 heterocycles. The number of hydrogen-bond donors (Lipinski definition) is 0. The monoisotopic (exact) mass is 446 g/mol. The molecule has 1 fully saturated rings. The molecule has 0 N–H and O–H groups in total. The van der Waals surface area contributed by atoms with E-state index in [0.717, 1.165) is 17.2 Å². The van der Waals surface area contributed by atoms with Crippen molar-refractivity contribution >= 4 is 25.8 Å². The zero-order valence-electron chi connectivity index (χ0n) is 19.2. The molecule has 3 aliphatic carbocycles. The fraction of sp³-hybridized carbons (Fsp3) is 0.625. The molecule has 6 nitrogen and oxygen atoms in total. The van der Waals surface area contributed by atoms with Crippen molar-refractivity contribution in [3.63, 3.8) is 0 Å². The average Bonchev–Trinajstić information content (AvgIpc) is 2.70. The summed E-state index contributed by atoms with van der Waals surface area (Å²) in [5.74, 6) is -2.84. The Hall–Kier alpha value is -2.15. The standard InChI is InChI=1S/C24H34O6Si/c1-6-10-29-24(27)22-20-17-13-15(28-7-2)8-9-16(17)18(14-19(20)25)21(22)23(26)30-11-12-31(3,4)5/h8-9,13,18,20-22H,6-7,10-12,14H2,1-5H3/t18?,20-,21-,22-/m1/s1. The van der Waals surface area contributed by atoms with Crippen molar-refractivity contribution in [1.82, 2.24) is 0 Å². The highest BCUT2D eigenvalue weighted by Gasteiger charge is 2.57. The molecule has 1 saturated carbocycles. The lowest BCUT2D eigenvalue weighted by molar-refractivity contribution is -0.167. The molecule has 4 atom stereocenters. The molecule has 170 valence electrons. The van der Waals surface area contributed by atoms with Crippen LogP contribution >= 0.6 is 0 Å². The Morgan fingerprint density at radius 1 is 1.00 bits per heavy atom. The van der Waals surface area contributed by atoms with Crippen LogP contribution in [0.15, 0.2) is 18.2 Å². The van der Waals surface area contributed by atoms with E-state index in [2.05, 4.69) is 19.6 Å². The highest BCUT2D eigenvalue weighted by Crippen LogP contribution is 2.55. The first-order valence-corrected chi connectivity index (χ1v) is 15.0. The molecular formula is C24H34O6Si. The first kappa shape index (κ1) is 23.5.